The Hall–Kier alpha value is -1.31. The predicted molar refractivity (Wildman–Crippen MR) is 88.4 cm³/mol. The molecule has 2 aliphatic heterocycles. The maximum absolute atomic E-state index is 12.9. The van der Waals surface area contributed by atoms with E-state index in [1.807, 2.05) is 13.8 Å². The molecular weight excluding hydrogens is 338 g/mol. The van der Waals surface area contributed by atoms with Gasteiger partial charge >= 0.3 is 16.0 Å². The Labute approximate surface area is 141 Å². The van der Waals surface area contributed by atoms with E-state index in [-0.39, 0.29) is 17.1 Å². The summed E-state index contributed by atoms with van der Waals surface area (Å²) in [6, 6.07) is 6.27. The Bertz CT molecular complexity index is 706. The van der Waals surface area contributed by atoms with Gasteiger partial charge in [0.05, 0.1) is 31.8 Å². The lowest BCUT2D eigenvalue weighted by Gasteiger charge is -2.28. The molecule has 0 radical (unpaired) electrons. The Balaban J connectivity index is 1.96. The fourth-order valence-electron chi connectivity index (χ4n) is 3.05. The van der Waals surface area contributed by atoms with Crippen LogP contribution in [0, 0.1) is 0 Å². The summed E-state index contributed by atoms with van der Waals surface area (Å²) in [7, 11) is -3.60. The summed E-state index contributed by atoms with van der Waals surface area (Å²) in [5.41, 5.74) is 0. The second kappa shape index (κ2) is 6.30. The van der Waals surface area contributed by atoms with Crippen molar-refractivity contribution in [3.63, 3.8) is 0 Å². The smallest absolute Gasteiger partial charge is 0.363 e. The molecule has 1 aromatic carbocycles. The molecule has 0 unspecified atom stereocenters. The average molecular weight is 359 g/mol. The number of morpholine rings is 1. The molecule has 1 N–H and O–H groups in total. The van der Waals surface area contributed by atoms with Crippen LogP contribution in [0.2, 0.25) is 5.02 Å². The molecule has 2 saturated heterocycles. The van der Waals surface area contributed by atoms with Crippen molar-refractivity contribution in [2.24, 2.45) is 0 Å². The second-order valence-corrected chi connectivity index (χ2v) is 8.24. The van der Waals surface area contributed by atoms with E-state index in [4.69, 9.17) is 16.3 Å². The summed E-state index contributed by atoms with van der Waals surface area (Å²) in [5, 5.41) is 3.73. The number of nitrogens with zero attached hydrogens (tertiary/aromatic N) is 2. The zero-order valence-electron chi connectivity index (χ0n) is 13.2. The van der Waals surface area contributed by atoms with E-state index in [0.29, 0.717) is 37.2 Å². The molecule has 2 aliphatic rings. The van der Waals surface area contributed by atoms with Crippen LogP contribution in [0.25, 0.3) is 0 Å². The fraction of sp³-hybridized carbons (Fsp3) is 0.533. The van der Waals surface area contributed by atoms with Gasteiger partial charge in [-0.15, -0.1) is 0 Å². The van der Waals surface area contributed by atoms with Crippen molar-refractivity contribution in [2.45, 2.75) is 31.0 Å². The van der Waals surface area contributed by atoms with Gasteiger partial charge in [-0.1, -0.05) is 11.6 Å². The molecule has 0 aliphatic carbocycles. The van der Waals surface area contributed by atoms with Gasteiger partial charge in [0, 0.05) is 5.02 Å². The van der Waals surface area contributed by atoms with E-state index < -0.39 is 10.0 Å². The Morgan fingerprint density at radius 2 is 1.83 bits per heavy atom. The van der Waals surface area contributed by atoms with E-state index in [2.05, 4.69) is 9.89 Å². The summed E-state index contributed by atoms with van der Waals surface area (Å²) in [4.78, 5) is 0.248. The third-order valence-electron chi connectivity index (χ3n) is 3.96. The zero-order valence-corrected chi connectivity index (χ0v) is 14.8. The van der Waals surface area contributed by atoms with Gasteiger partial charge in [0.15, 0.2) is 0 Å². The van der Waals surface area contributed by atoms with Crippen molar-refractivity contribution in [3.05, 3.63) is 29.3 Å². The molecule has 2 heterocycles. The van der Waals surface area contributed by atoms with Crippen molar-refractivity contribution in [1.29, 1.82) is 0 Å². The van der Waals surface area contributed by atoms with Crippen LogP contribution in [0.1, 0.15) is 13.8 Å². The van der Waals surface area contributed by atoms with Crippen LogP contribution in [0.5, 0.6) is 0 Å². The number of ether oxygens (including phenoxy) is 1. The first-order valence-corrected chi connectivity index (χ1v) is 9.49. The van der Waals surface area contributed by atoms with Crippen molar-refractivity contribution < 1.29 is 17.7 Å². The number of hydrogen-bond donors (Lipinski definition) is 1. The number of guanidine groups is 1. The van der Waals surface area contributed by atoms with Crippen molar-refractivity contribution >= 4 is 27.6 Å². The molecule has 0 amide bonds. The third-order valence-corrected chi connectivity index (χ3v) is 6.01. The summed E-state index contributed by atoms with van der Waals surface area (Å²) in [5.74, 6) is 0.641. The monoisotopic (exact) mass is 358 g/mol. The molecule has 3 rings (SSSR count). The minimum Gasteiger partial charge on any atom is -0.369 e. The lowest BCUT2D eigenvalue weighted by Crippen LogP contribution is -2.49. The van der Waals surface area contributed by atoms with E-state index in [9.17, 15) is 8.42 Å². The van der Waals surface area contributed by atoms with Gasteiger partial charge in [-0.3, -0.25) is 9.89 Å². The average Bonchev–Trinajstić information content (AvgIpc) is 2.97. The second-order valence-electron chi connectivity index (χ2n) is 5.94. The van der Waals surface area contributed by atoms with Crippen molar-refractivity contribution in [2.75, 3.05) is 26.2 Å². The molecule has 6 nitrogen and oxygen atoms in total. The van der Waals surface area contributed by atoms with Crippen LogP contribution >= 0.6 is 11.6 Å². The first-order valence-electron chi connectivity index (χ1n) is 7.67. The molecular formula is C15H21ClN3O3S+. The van der Waals surface area contributed by atoms with E-state index >= 15 is 0 Å². The van der Waals surface area contributed by atoms with Gasteiger partial charge in [0.25, 0.3) is 0 Å². The number of hydrogen-bond acceptors (Lipinski definition) is 3. The molecule has 2 atom stereocenters. The van der Waals surface area contributed by atoms with Crippen molar-refractivity contribution in [3.8, 4) is 0 Å². The van der Waals surface area contributed by atoms with Gasteiger partial charge in [-0.2, -0.15) is 12.7 Å². The molecule has 1 aromatic rings. The highest BCUT2D eigenvalue weighted by molar-refractivity contribution is 7.89. The molecule has 0 saturated carbocycles. The van der Waals surface area contributed by atoms with E-state index in [1.54, 1.807) is 12.1 Å². The molecule has 8 heteroatoms. The number of nitrogens with one attached hydrogen (secondary N) is 1. The molecule has 0 spiro atoms. The number of halogens is 1. The highest BCUT2D eigenvalue weighted by Gasteiger charge is 2.41. The highest BCUT2D eigenvalue weighted by atomic mass is 35.5. The fourth-order valence-corrected chi connectivity index (χ4v) is 4.65. The van der Waals surface area contributed by atoms with Gasteiger partial charge in [0.2, 0.25) is 0 Å². The Kier molecular flexibility index (Phi) is 4.53. The van der Waals surface area contributed by atoms with Gasteiger partial charge in [0.1, 0.15) is 11.4 Å². The number of sulfonamides is 1. The lowest BCUT2D eigenvalue weighted by atomic mass is 10.2. The number of benzene rings is 1. The summed E-state index contributed by atoms with van der Waals surface area (Å²) in [6.07, 6.45) is 0.127. The van der Waals surface area contributed by atoms with Gasteiger partial charge < -0.3 is 4.74 Å². The minimum atomic E-state index is -3.60. The molecule has 0 bridgehead atoms. The SMILES string of the molecule is C[C@@H]1C[N+](=C2NCCN2S(=O)(=O)c2ccc(Cl)cc2)C[C@H](C)O1. The number of rotatable bonds is 2. The summed E-state index contributed by atoms with van der Waals surface area (Å²) in [6.45, 7) is 6.34. The maximum Gasteiger partial charge on any atom is 0.363 e. The van der Waals surface area contributed by atoms with Crippen molar-refractivity contribution in [1.82, 2.24) is 9.62 Å². The zero-order chi connectivity index (χ0) is 16.6. The van der Waals surface area contributed by atoms with Crippen LogP contribution in [0.3, 0.4) is 0 Å². The molecule has 23 heavy (non-hydrogen) atoms. The predicted octanol–water partition coefficient (Wildman–Crippen LogP) is 1.11. The third kappa shape index (κ3) is 3.32. The Morgan fingerprint density at radius 3 is 2.43 bits per heavy atom. The normalized spacial score (nSPS) is 28.7. The van der Waals surface area contributed by atoms with Gasteiger partial charge in [-0.05, 0) is 38.1 Å². The standard InChI is InChI=1S/C15H20ClN3O3S/c1-11-9-18(10-12(2)22-11)15-17-7-8-19(15)23(20,21)14-5-3-13(16)4-6-14/h3-6,11-12H,7-10H2,1-2H3/p+1/t11-,12+. The molecule has 126 valence electrons. The van der Waals surface area contributed by atoms with Crippen LogP contribution in [0.15, 0.2) is 29.2 Å². The summed E-state index contributed by atoms with van der Waals surface area (Å²) < 4.78 is 35.1. The summed E-state index contributed by atoms with van der Waals surface area (Å²) >= 11 is 5.86. The minimum absolute atomic E-state index is 0.0636. The van der Waals surface area contributed by atoms with Crippen LogP contribution in [-0.4, -0.2) is 61.6 Å². The maximum atomic E-state index is 12.9. The first-order chi connectivity index (χ1) is 10.9. The molecule has 2 fully saturated rings. The van der Waals surface area contributed by atoms with Crippen LogP contribution < -0.4 is 5.32 Å². The first kappa shape index (κ1) is 16.5. The van der Waals surface area contributed by atoms with E-state index in [1.165, 1.54) is 16.4 Å². The Morgan fingerprint density at radius 1 is 1.22 bits per heavy atom. The topological polar surface area (TPSA) is 61.7 Å². The molecule has 0 aromatic heterocycles. The largest absolute Gasteiger partial charge is 0.369 e. The van der Waals surface area contributed by atoms with Crippen LogP contribution in [-0.2, 0) is 14.8 Å². The van der Waals surface area contributed by atoms with Crippen LogP contribution in [0.4, 0.5) is 0 Å². The highest BCUT2D eigenvalue weighted by Crippen LogP contribution is 2.20. The van der Waals surface area contributed by atoms with Gasteiger partial charge in [-0.25, -0.2) is 0 Å². The van der Waals surface area contributed by atoms with E-state index in [0.717, 1.165) is 0 Å². The lowest BCUT2D eigenvalue weighted by molar-refractivity contribution is -0.571. The quantitative estimate of drug-likeness (QED) is 0.804.